The maximum absolute atomic E-state index is 12.3. The van der Waals surface area contributed by atoms with E-state index < -0.39 is 47.7 Å². The Labute approximate surface area is 139 Å². The molecule has 1 aromatic rings. The number of esters is 1. The predicted molar refractivity (Wildman–Crippen MR) is 75.1 cm³/mol. The molecule has 0 bridgehead atoms. The highest BCUT2D eigenvalue weighted by atomic mass is 17.0. The number of aliphatic hydroxyl groups is 1. The zero-order valence-corrected chi connectivity index (χ0v) is 12.6. The third-order valence-corrected chi connectivity index (χ3v) is 3.90. The second-order valence-corrected chi connectivity index (χ2v) is 5.50. The molecule has 2 heterocycles. The zero-order valence-electron chi connectivity index (χ0n) is 12.6. The summed E-state index contributed by atoms with van der Waals surface area (Å²) in [5, 5.41) is 28.3. The van der Waals surface area contributed by atoms with Gasteiger partial charge in [0.05, 0.1) is 17.7 Å². The molecular weight excluding hydrogens is 342 g/mol. The molecule has 2 fully saturated rings. The molecule has 0 aromatic heterocycles. The van der Waals surface area contributed by atoms with Crippen LogP contribution in [0.4, 0.5) is 0 Å². The topological polar surface area (TPSA) is 155 Å². The van der Waals surface area contributed by atoms with E-state index in [0.717, 1.165) is 0 Å². The van der Waals surface area contributed by atoms with Crippen molar-refractivity contribution >= 4 is 11.9 Å². The maximum atomic E-state index is 12.3. The standard InChI is InChI=1S/C14H13NO10/c16-9-5-22-11-10(9)23-6-14(11,25-15(20)21)24-13(19)8-3-1-7(2-4-8)12(17)18/h1-4,9-11,16H,5-6H2,(H,17,18)/t9-,10-,11+,14-/m1/s1. The molecule has 0 unspecified atom stereocenters. The summed E-state index contributed by atoms with van der Waals surface area (Å²) in [4.78, 5) is 38.5. The molecule has 134 valence electrons. The van der Waals surface area contributed by atoms with E-state index in [4.69, 9.17) is 19.3 Å². The van der Waals surface area contributed by atoms with Crippen LogP contribution in [-0.2, 0) is 19.0 Å². The molecule has 11 heteroatoms. The highest BCUT2D eigenvalue weighted by molar-refractivity contribution is 5.92. The second-order valence-electron chi connectivity index (χ2n) is 5.50. The van der Waals surface area contributed by atoms with Gasteiger partial charge in [0, 0.05) is 0 Å². The van der Waals surface area contributed by atoms with Crippen LogP contribution in [0.5, 0.6) is 0 Å². The monoisotopic (exact) mass is 355 g/mol. The van der Waals surface area contributed by atoms with E-state index >= 15 is 0 Å². The van der Waals surface area contributed by atoms with Crippen LogP contribution in [0.2, 0.25) is 0 Å². The molecule has 2 saturated heterocycles. The number of carboxylic acids is 1. The SMILES string of the molecule is O=C(O)c1ccc(C(=O)O[C@@]2(O[N+](=O)[O-])CO[C@@H]3[C@H](O)CO[C@@H]32)cc1. The average molecular weight is 355 g/mol. The fraction of sp³-hybridized carbons (Fsp3) is 0.429. The van der Waals surface area contributed by atoms with Gasteiger partial charge in [-0.25, -0.2) is 9.59 Å². The van der Waals surface area contributed by atoms with E-state index in [1.807, 2.05) is 0 Å². The summed E-state index contributed by atoms with van der Waals surface area (Å²) >= 11 is 0. The van der Waals surface area contributed by atoms with Crippen molar-refractivity contribution in [3.8, 4) is 0 Å². The van der Waals surface area contributed by atoms with Crippen molar-refractivity contribution in [3.05, 3.63) is 45.5 Å². The molecule has 3 rings (SSSR count). The van der Waals surface area contributed by atoms with Gasteiger partial charge in [0.15, 0.2) is 6.10 Å². The third-order valence-electron chi connectivity index (χ3n) is 3.90. The number of rotatable bonds is 5. The summed E-state index contributed by atoms with van der Waals surface area (Å²) in [6.45, 7) is -0.650. The van der Waals surface area contributed by atoms with Crippen molar-refractivity contribution in [3.63, 3.8) is 0 Å². The number of carboxylic acid groups (broad SMARTS) is 1. The molecule has 2 aliphatic heterocycles. The first-order chi connectivity index (χ1) is 11.8. The highest BCUT2D eigenvalue weighted by Crippen LogP contribution is 2.38. The van der Waals surface area contributed by atoms with Crippen LogP contribution in [0.1, 0.15) is 20.7 Å². The van der Waals surface area contributed by atoms with Crippen LogP contribution in [0.15, 0.2) is 24.3 Å². The summed E-state index contributed by atoms with van der Waals surface area (Å²) in [7, 11) is 0. The van der Waals surface area contributed by atoms with Gasteiger partial charge < -0.3 is 24.4 Å². The highest BCUT2D eigenvalue weighted by Gasteiger charge is 2.62. The minimum absolute atomic E-state index is 0.0423. The molecule has 0 radical (unpaired) electrons. The number of fused-ring (bicyclic) bond motifs is 1. The van der Waals surface area contributed by atoms with E-state index in [1.165, 1.54) is 24.3 Å². The van der Waals surface area contributed by atoms with Gasteiger partial charge in [-0.3, -0.25) is 4.84 Å². The van der Waals surface area contributed by atoms with Crippen LogP contribution in [-0.4, -0.2) is 64.6 Å². The zero-order chi connectivity index (χ0) is 18.2. The lowest BCUT2D eigenvalue weighted by Crippen LogP contribution is -2.51. The van der Waals surface area contributed by atoms with Crippen LogP contribution < -0.4 is 0 Å². The number of aromatic carboxylic acids is 1. The van der Waals surface area contributed by atoms with Crippen molar-refractivity contribution in [1.29, 1.82) is 0 Å². The molecule has 4 atom stereocenters. The first-order valence-electron chi connectivity index (χ1n) is 7.14. The first kappa shape index (κ1) is 17.1. The Balaban J connectivity index is 1.82. The Morgan fingerprint density at radius 2 is 1.88 bits per heavy atom. The van der Waals surface area contributed by atoms with E-state index in [2.05, 4.69) is 4.84 Å². The van der Waals surface area contributed by atoms with E-state index in [1.54, 1.807) is 0 Å². The summed E-state index contributed by atoms with van der Waals surface area (Å²) in [5.41, 5.74) is -0.0855. The summed E-state index contributed by atoms with van der Waals surface area (Å²) in [6, 6.07) is 4.76. The summed E-state index contributed by atoms with van der Waals surface area (Å²) in [5.74, 6) is -4.32. The molecule has 0 saturated carbocycles. The van der Waals surface area contributed by atoms with Gasteiger partial charge in [-0.2, -0.15) is 0 Å². The fourth-order valence-corrected chi connectivity index (χ4v) is 2.74. The third kappa shape index (κ3) is 3.12. The van der Waals surface area contributed by atoms with Crippen molar-refractivity contribution in [1.82, 2.24) is 0 Å². The van der Waals surface area contributed by atoms with Gasteiger partial charge >= 0.3 is 17.7 Å². The minimum atomic E-state index is -2.16. The Kier molecular flexibility index (Phi) is 4.29. The molecule has 1 aromatic carbocycles. The molecule has 2 aliphatic rings. The van der Waals surface area contributed by atoms with Crippen molar-refractivity contribution in [2.75, 3.05) is 13.2 Å². The Bertz CT molecular complexity index is 704. The number of hydrogen-bond donors (Lipinski definition) is 2. The van der Waals surface area contributed by atoms with E-state index in [-0.39, 0.29) is 17.7 Å². The van der Waals surface area contributed by atoms with Gasteiger partial charge in [0.2, 0.25) is 0 Å². The van der Waals surface area contributed by atoms with Crippen LogP contribution in [0.3, 0.4) is 0 Å². The number of benzene rings is 1. The molecule has 2 N–H and O–H groups in total. The van der Waals surface area contributed by atoms with Crippen LogP contribution >= 0.6 is 0 Å². The predicted octanol–water partition coefficient (Wildman–Crippen LogP) is -0.395. The molecule has 0 spiro atoms. The molecule has 11 nitrogen and oxygen atoms in total. The Hall–Kier alpha value is -2.76. The molecular formula is C14H13NO10. The van der Waals surface area contributed by atoms with Crippen molar-refractivity contribution in [2.45, 2.75) is 24.1 Å². The largest absolute Gasteiger partial charge is 0.478 e. The van der Waals surface area contributed by atoms with Gasteiger partial charge in [0.1, 0.15) is 18.8 Å². The van der Waals surface area contributed by atoms with Crippen LogP contribution in [0.25, 0.3) is 0 Å². The lowest BCUT2D eigenvalue weighted by molar-refractivity contribution is -0.796. The van der Waals surface area contributed by atoms with E-state index in [9.17, 15) is 24.8 Å². The molecule has 0 amide bonds. The van der Waals surface area contributed by atoms with Gasteiger partial charge in [-0.15, -0.1) is 10.1 Å². The normalized spacial score (nSPS) is 30.5. The number of carbonyl (C=O) groups excluding carboxylic acids is 1. The van der Waals surface area contributed by atoms with Gasteiger partial charge in [0.25, 0.3) is 5.09 Å². The molecule has 25 heavy (non-hydrogen) atoms. The Morgan fingerprint density at radius 3 is 2.48 bits per heavy atom. The minimum Gasteiger partial charge on any atom is -0.478 e. The number of carbonyl (C=O) groups is 2. The number of hydrogen-bond acceptors (Lipinski definition) is 9. The number of ether oxygens (including phenoxy) is 3. The maximum Gasteiger partial charge on any atom is 0.340 e. The molecule has 0 aliphatic carbocycles. The van der Waals surface area contributed by atoms with Crippen molar-refractivity contribution in [2.24, 2.45) is 0 Å². The number of nitrogens with zero attached hydrogens (tertiary/aromatic N) is 1. The smallest absolute Gasteiger partial charge is 0.340 e. The lowest BCUT2D eigenvalue weighted by Gasteiger charge is -2.29. The van der Waals surface area contributed by atoms with Gasteiger partial charge in [-0.1, -0.05) is 0 Å². The second kappa shape index (κ2) is 6.27. The number of aliphatic hydroxyl groups excluding tert-OH is 1. The first-order valence-corrected chi connectivity index (χ1v) is 7.14. The van der Waals surface area contributed by atoms with Gasteiger partial charge in [-0.05, 0) is 24.3 Å². The lowest BCUT2D eigenvalue weighted by atomic mass is 10.1. The average Bonchev–Trinajstić information content (AvgIpc) is 3.09. The van der Waals surface area contributed by atoms with Crippen molar-refractivity contribution < 1.29 is 43.9 Å². The Morgan fingerprint density at radius 1 is 1.24 bits per heavy atom. The van der Waals surface area contributed by atoms with E-state index in [0.29, 0.717) is 0 Å². The quantitative estimate of drug-likeness (QED) is 0.308. The van der Waals surface area contributed by atoms with Crippen LogP contribution in [0, 0.1) is 10.1 Å². The fourth-order valence-electron chi connectivity index (χ4n) is 2.74. The summed E-state index contributed by atoms with van der Waals surface area (Å²) < 4.78 is 15.6. The summed E-state index contributed by atoms with van der Waals surface area (Å²) in [6.07, 6.45) is -3.13.